The van der Waals surface area contributed by atoms with Crippen LogP contribution in [0.4, 0.5) is 21.5 Å². The van der Waals surface area contributed by atoms with Crippen LogP contribution in [-0.2, 0) is 10.5 Å². The van der Waals surface area contributed by atoms with Gasteiger partial charge < -0.3 is 10.6 Å². The molecule has 132 valence electrons. The topological polar surface area (TPSA) is 61.4 Å². The fraction of sp³-hybridized carbons (Fsp3) is 0.0476. The van der Waals surface area contributed by atoms with Crippen molar-refractivity contribution < 1.29 is 14.0 Å². The number of benzene rings is 3. The fourth-order valence-electron chi connectivity index (χ4n) is 3.80. The first-order chi connectivity index (χ1) is 13.1. The summed E-state index contributed by atoms with van der Waals surface area (Å²) in [6.45, 7) is 0. The van der Waals surface area contributed by atoms with Crippen LogP contribution >= 0.6 is 0 Å². The summed E-state index contributed by atoms with van der Waals surface area (Å²) >= 11 is 0. The highest BCUT2D eigenvalue weighted by Crippen LogP contribution is 2.47. The standard InChI is InChI=1S/C21H14FN3O2/c22-13-10-11-18-16(12-13)21(20(27)23-18)24-17-9-5-4-8-15(17)19(26)25(21)14-6-2-1-3-7-14/h1-12,24H,(H,23,27)/t21-/m0/s1. The van der Waals surface area contributed by atoms with E-state index in [1.165, 1.54) is 23.1 Å². The van der Waals surface area contributed by atoms with Gasteiger partial charge in [-0.05, 0) is 42.5 Å². The lowest BCUT2D eigenvalue weighted by Gasteiger charge is -2.44. The average Bonchev–Trinajstić information content (AvgIpc) is 2.94. The number of carbonyl (C=O) groups excluding carboxylic acids is 2. The summed E-state index contributed by atoms with van der Waals surface area (Å²) in [5, 5.41) is 5.99. The maximum absolute atomic E-state index is 14.1. The lowest BCUT2D eigenvalue weighted by molar-refractivity contribution is -0.119. The first-order valence-corrected chi connectivity index (χ1v) is 8.49. The minimum Gasteiger partial charge on any atom is -0.350 e. The number of nitrogens with zero attached hydrogens (tertiary/aromatic N) is 1. The van der Waals surface area contributed by atoms with Crippen molar-refractivity contribution >= 4 is 28.9 Å². The van der Waals surface area contributed by atoms with E-state index in [1.807, 2.05) is 6.07 Å². The van der Waals surface area contributed by atoms with Crippen LogP contribution < -0.4 is 15.5 Å². The Hall–Kier alpha value is -3.67. The van der Waals surface area contributed by atoms with E-state index in [-0.39, 0.29) is 5.91 Å². The van der Waals surface area contributed by atoms with Crippen LogP contribution in [0.2, 0.25) is 0 Å². The van der Waals surface area contributed by atoms with Gasteiger partial charge in [0, 0.05) is 22.6 Å². The Balaban J connectivity index is 1.83. The fourth-order valence-corrected chi connectivity index (χ4v) is 3.80. The maximum Gasteiger partial charge on any atom is 0.276 e. The predicted molar refractivity (Wildman–Crippen MR) is 100 cm³/mol. The van der Waals surface area contributed by atoms with Crippen LogP contribution in [0.15, 0.2) is 72.8 Å². The van der Waals surface area contributed by atoms with Gasteiger partial charge in [-0.2, -0.15) is 0 Å². The normalized spacial score (nSPS) is 20.1. The Kier molecular flexibility index (Phi) is 3.12. The molecular weight excluding hydrogens is 345 g/mol. The molecule has 2 N–H and O–H groups in total. The monoisotopic (exact) mass is 359 g/mol. The number of rotatable bonds is 1. The number of para-hydroxylation sites is 2. The number of carbonyl (C=O) groups is 2. The molecule has 5 nitrogen and oxygen atoms in total. The van der Waals surface area contributed by atoms with E-state index in [4.69, 9.17) is 0 Å². The van der Waals surface area contributed by atoms with Gasteiger partial charge in [0.15, 0.2) is 0 Å². The van der Waals surface area contributed by atoms with Crippen molar-refractivity contribution in [1.29, 1.82) is 0 Å². The van der Waals surface area contributed by atoms with Crippen molar-refractivity contribution in [3.05, 3.63) is 89.7 Å². The molecular formula is C21H14FN3O2. The molecule has 3 aromatic rings. The molecule has 2 heterocycles. The van der Waals surface area contributed by atoms with E-state index in [0.29, 0.717) is 28.2 Å². The summed E-state index contributed by atoms with van der Waals surface area (Å²) in [6.07, 6.45) is 0. The quantitative estimate of drug-likeness (QED) is 0.696. The van der Waals surface area contributed by atoms with Gasteiger partial charge in [0.1, 0.15) is 5.82 Å². The van der Waals surface area contributed by atoms with Gasteiger partial charge in [-0.1, -0.05) is 30.3 Å². The van der Waals surface area contributed by atoms with Crippen molar-refractivity contribution in [2.45, 2.75) is 5.66 Å². The van der Waals surface area contributed by atoms with Gasteiger partial charge in [-0.15, -0.1) is 0 Å². The van der Waals surface area contributed by atoms with Crippen LogP contribution in [0.25, 0.3) is 0 Å². The summed E-state index contributed by atoms with van der Waals surface area (Å²) < 4.78 is 14.1. The zero-order valence-corrected chi connectivity index (χ0v) is 14.1. The lowest BCUT2D eigenvalue weighted by atomic mass is 9.92. The molecule has 0 saturated heterocycles. The van der Waals surface area contributed by atoms with E-state index in [1.54, 1.807) is 48.5 Å². The summed E-state index contributed by atoms with van der Waals surface area (Å²) in [4.78, 5) is 28.0. The molecule has 1 spiro atoms. The smallest absolute Gasteiger partial charge is 0.276 e. The largest absolute Gasteiger partial charge is 0.350 e. The minimum atomic E-state index is -1.57. The number of hydrogen-bond donors (Lipinski definition) is 2. The number of anilines is 3. The van der Waals surface area contributed by atoms with Crippen LogP contribution in [0.1, 0.15) is 15.9 Å². The third kappa shape index (κ3) is 2.04. The van der Waals surface area contributed by atoms with Crippen molar-refractivity contribution in [3.8, 4) is 0 Å². The first-order valence-electron chi connectivity index (χ1n) is 8.49. The van der Waals surface area contributed by atoms with Crippen molar-refractivity contribution in [1.82, 2.24) is 0 Å². The van der Waals surface area contributed by atoms with Crippen molar-refractivity contribution in [2.75, 3.05) is 15.5 Å². The van der Waals surface area contributed by atoms with Crippen molar-refractivity contribution in [3.63, 3.8) is 0 Å². The molecule has 0 radical (unpaired) electrons. The van der Waals surface area contributed by atoms with E-state index in [0.717, 1.165) is 0 Å². The van der Waals surface area contributed by atoms with Crippen LogP contribution in [0.5, 0.6) is 0 Å². The Morgan fingerprint density at radius 1 is 0.852 bits per heavy atom. The molecule has 0 aromatic heterocycles. The van der Waals surface area contributed by atoms with Gasteiger partial charge in [0.2, 0.25) is 5.66 Å². The van der Waals surface area contributed by atoms with E-state index in [2.05, 4.69) is 10.6 Å². The Morgan fingerprint density at radius 2 is 1.59 bits per heavy atom. The minimum absolute atomic E-state index is 0.331. The molecule has 0 fully saturated rings. The first kappa shape index (κ1) is 15.6. The Morgan fingerprint density at radius 3 is 2.41 bits per heavy atom. The highest BCUT2D eigenvalue weighted by molar-refractivity contribution is 6.21. The number of amides is 2. The summed E-state index contributed by atoms with van der Waals surface area (Å²) in [6, 6.07) is 20.0. The van der Waals surface area contributed by atoms with Gasteiger partial charge in [-0.3, -0.25) is 14.5 Å². The maximum atomic E-state index is 14.1. The number of fused-ring (bicyclic) bond motifs is 3. The zero-order valence-electron chi connectivity index (χ0n) is 14.1. The molecule has 5 rings (SSSR count). The molecule has 1 atom stereocenters. The number of hydrogen-bond acceptors (Lipinski definition) is 3. The molecule has 3 aromatic carbocycles. The molecule has 6 heteroatoms. The molecule has 0 unspecified atom stereocenters. The molecule has 2 amide bonds. The van der Waals surface area contributed by atoms with Gasteiger partial charge in [-0.25, -0.2) is 4.39 Å². The molecule has 2 aliphatic rings. The van der Waals surface area contributed by atoms with E-state index < -0.39 is 17.4 Å². The highest BCUT2D eigenvalue weighted by Gasteiger charge is 2.57. The zero-order chi connectivity index (χ0) is 18.6. The lowest BCUT2D eigenvalue weighted by Crippen LogP contribution is -2.61. The number of halogens is 1. The second-order valence-electron chi connectivity index (χ2n) is 6.50. The summed E-state index contributed by atoms with van der Waals surface area (Å²) in [5.74, 6) is -1.25. The molecule has 0 aliphatic carbocycles. The molecule has 27 heavy (non-hydrogen) atoms. The molecule has 0 saturated carbocycles. The molecule has 2 aliphatic heterocycles. The molecule has 0 bridgehead atoms. The predicted octanol–water partition coefficient (Wildman–Crippen LogP) is 3.70. The third-order valence-corrected chi connectivity index (χ3v) is 4.97. The van der Waals surface area contributed by atoms with Gasteiger partial charge in [0.25, 0.3) is 11.8 Å². The van der Waals surface area contributed by atoms with Gasteiger partial charge >= 0.3 is 0 Å². The summed E-state index contributed by atoms with van der Waals surface area (Å²) in [7, 11) is 0. The SMILES string of the molecule is O=C1c2ccccc2N[C@]2(C(=O)Nc3ccc(F)cc32)N1c1ccccc1. The summed E-state index contributed by atoms with van der Waals surface area (Å²) in [5.41, 5.74) is 0.800. The van der Waals surface area contributed by atoms with E-state index >= 15 is 0 Å². The van der Waals surface area contributed by atoms with Crippen LogP contribution in [-0.4, -0.2) is 11.8 Å². The van der Waals surface area contributed by atoms with Crippen molar-refractivity contribution in [2.24, 2.45) is 0 Å². The third-order valence-electron chi connectivity index (χ3n) is 4.97. The second kappa shape index (κ2) is 5.41. The Labute approximate surface area is 154 Å². The van der Waals surface area contributed by atoms with Crippen LogP contribution in [0.3, 0.4) is 0 Å². The number of nitrogens with one attached hydrogen (secondary N) is 2. The Bertz CT molecular complexity index is 1100. The highest BCUT2D eigenvalue weighted by atomic mass is 19.1. The van der Waals surface area contributed by atoms with Crippen LogP contribution in [0, 0.1) is 5.82 Å². The van der Waals surface area contributed by atoms with Gasteiger partial charge in [0.05, 0.1) is 5.56 Å². The average molecular weight is 359 g/mol. The van der Waals surface area contributed by atoms with E-state index in [9.17, 15) is 14.0 Å². The second-order valence-corrected chi connectivity index (χ2v) is 6.50.